The van der Waals surface area contributed by atoms with E-state index in [1.54, 1.807) is 25.3 Å². The Hall–Kier alpha value is -2.21. The maximum atomic E-state index is 11.5. The highest BCUT2D eigenvalue weighted by atomic mass is 16.5. The van der Waals surface area contributed by atoms with E-state index in [0.29, 0.717) is 23.1 Å². The number of nitrogens with one attached hydrogen (secondary N) is 1. The summed E-state index contributed by atoms with van der Waals surface area (Å²) in [5.41, 5.74) is 0.863. The molecule has 0 amide bonds. The second-order valence-electron chi connectivity index (χ2n) is 3.58. The smallest absolute Gasteiger partial charge is 0.251 e. The summed E-state index contributed by atoms with van der Waals surface area (Å²) in [4.78, 5) is 22.6. The number of aromatic amines is 1. The van der Waals surface area contributed by atoms with Crippen molar-refractivity contribution >= 4 is 0 Å². The lowest BCUT2D eigenvalue weighted by Gasteiger charge is -2.04. The van der Waals surface area contributed by atoms with Crippen LogP contribution >= 0.6 is 0 Å². The average Bonchev–Trinajstić information content (AvgIpc) is 2.38. The first-order valence-corrected chi connectivity index (χ1v) is 5.33. The monoisotopic (exact) mass is 247 g/mol. The van der Waals surface area contributed by atoms with Gasteiger partial charge in [0, 0.05) is 19.2 Å². The van der Waals surface area contributed by atoms with Crippen LogP contribution in [0.1, 0.15) is 5.69 Å². The molecule has 18 heavy (non-hydrogen) atoms. The first-order valence-electron chi connectivity index (χ1n) is 5.33. The fraction of sp³-hybridized carbons (Fsp3) is 0.250. The van der Waals surface area contributed by atoms with E-state index in [2.05, 4.69) is 15.0 Å². The Balaban J connectivity index is 2.45. The van der Waals surface area contributed by atoms with Gasteiger partial charge < -0.3 is 14.5 Å². The Morgan fingerprint density at radius 3 is 2.83 bits per heavy atom. The van der Waals surface area contributed by atoms with Crippen molar-refractivity contribution in [1.82, 2.24) is 15.0 Å². The van der Waals surface area contributed by atoms with Gasteiger partial charge in [-0.25, -0.2) is 9.97 Å². The van der Waals surface area contributed by atoms with Crippen LogP contribution in [0, 0.1) is 0 Å². The zero-order valence-corrected chi connectivity index (χ0v) is 10.1. The highest BCUT2D eigenvalue weighted by Crippen LogP contribution is 2.15. The predicted molar refractivity (Wildman–Crippen MR) is 65.4 cm³/mol. The summed E-state index contributed by atoms with van der Waals surface area (Å²) in [6.07, 6.45) is 0. The largest absolute Gasteiger partial charge is 0.481 e. The van der Waals surface area contributed by atoms with Gasteiger partial charge in [-0.2, -0.15) is 0 Å². The molecule has 2 heterocycles. The van der Waals surface area contributed by atoms with Gasteiger partial charge in [0.15, 0.2) is 5.82 Å². The van der Waals surface area contributed by atoms with E-state index in [9.17, 15) is 4.79 Å². The molecule has 0 atom stereocenters. The van der Waals surface area contributed by atoms with Crippen LogP contribution in [0.2, 0.25) is 0 Å². The van der Waals surface area contributed by atoms with Gasteiger partial charge in [-0.05, 0) is 6.07 Å². The minimum absolute atomic E-state index is 0.239. The zero-order valence-electron chi connectivity index (χ0n) is 10.1. The molecule has 2 aromatic rings. The molecule has 0 aliphatic rings. The Kier molecular flexibility index (Phi) is 3.69. The van der Waals surface area contributed by atoms with Gasteiger partial charge in [0.2, 0.25) is 5.88 Å². The van der Waals surface area contributed by atoms with Gasteiger partial charge >= 0.3 is 0 Å². The number of nitrogens with zero attached hydrogens (tertiary/aromatic N) is 2. The lowest BCUT2D eigenvalue weighted by Crippen LogP contribution is -2.11. The Bertz CT molecular complexity index is 595. The van der Waals surface area contributed by atoms with E-state index in [-0.39, 0.29) is 12.2 Å². The summed E-state index contributed by atoms with van der Waals surface area (Å²) >= 11 is 0. The molecule has 0 saturated carbocycles. The normalized spacial score (nSPS) is 10.3. The molecule has 0 aliphatic carbocycles. The van der Waals surface area contributed by atoms with Crippen molar-refractivity contribution in [2.75, 3.05) is 14.2 Å². The number of pyridine rings is 1. The molecule has 0 bridgehead atoms. The van der Waals surface area contributed by atoms with Crippen LogP contribution in [0.15, 0.2) is 29.1 Å². The summed E-state index contributed by atoms with van der Waals surface area (Å²) in [5, 5.41) is 0. The second-order valence-corrected chi connectivity index (χ2v) is 3.58. The van der Waals surface area contributed by atoms with Crippen molar-refractivity contribution in [2.45, 2.75) is 6.61 Å². The molecule has 0 aromatic carbocycles. The highest BCUT2D eigenvalue weighted by molar-refractivity contribution is 5.49. The molecule has 0 unspecified atom stereocenters. The number of ether oxygens (including phenoxy) is 2. The predicted octanol–water partition coefficient (Wildman–Crippen LogP) is 0.987. The van der Waals surface area contributed by atoms with E-state index >= 15 is 0 Å². The number of H-pyrrole nitrogens is 1. The van der Waals surface area contributed by atoms with Crippen molar-refractivity contribution in [2.24, 2.45) is 0 Å². The van der Waals surface area contributed by atoms with Crippen molar-refractivity contribution < 1.29 is 9.47 Å². The Labute approximate surface area is 104 Å². The molecule has 0 spiro atoms. The maximum Gasteiger partial charge on any atom is 0.251 e. The number of aromatic nitrogens is 3. The van der Waals surface area contributed by atoms with Crippen LogP contribution in [0.3, 0.4) is 0 Å². The molecule has 0 fully saturated rings. The first kappa shape index (κ1) is 12.3. The summed E-state index contributed by atoms with van der Waals surface area (Å²) in [6, 6.07) is 6.65. The SMILES string of the molecule is COCc1cc(=O)[nH]c(-c2cccc(OC)n2)n1. The van der Waals surface area contributed by atoms with Gasteiger partial charge in [0.05, 0.1) is 19.4 Å². The number of hydrogen-bond donors (Lipinski definition) is 1. The Morgan fingerprint density at radius 1 is 1.28 bits per heavy atom. The molecular formula is C12H13N3O3. The molecule has 0 radical (unpaired) electrons. The number of methoxy groups -OCH3 is 2. The lowest BCUT2D eigenvalue weighted by molar-refractivity contribution is 0.181. The van der Waals surface area contributed by atoms with Gasteiger partial charge in [0.1, 0.15) is 5.69 Å². The molecule has 94 valence electrons. The molecule has 0 saturated heterocycles. The third kappa shape index (κ3) is 2.72. The van der Waals surface area contributed by atoms with Crippen molar-refractivity contribution in [3.63, 3.8) is 0 Å². The summed E-state index contributed by atoms with van der Waals surface area (Å²) in [7, 11) is 3.08. The summed E-state index contributed by atoms with van der Waals surface area (Å²) in [6.45, 7) is 0.279. The van der Waals surface area contributed by atoms with Crippen LogP contribution in [0.25, 0.3) is 11.5 Å². The van der Waals surface area contributed by atoms with Crippen LogP contribution in [-0.2, 0) is 11.3 Å². The lowest BCUT2D eigenvalue weighted by atomic mass is 10.3. The fourth-order valence-corrected chi connectivity index (χ4v) is 1.51. The molecule has 6 nitrogen and oxygen atoms in total. The minimum atomic E-state index is -0.239. The van der Waals surface area contributed by atoms with Gasteiger partial charge in [-0.3, -0.25) is 4.79 Å². The Morgan fingerprint density at radius 2 is 2.11 bits per heavy atom. The van der Waals surface area contributed by atoms with Crippen molar-refractivity contribution in [1.29, 1.82) is 0 Å². The van der Waals surface area contributed by atoms with Crippen LogP contribution in [0.5, 0.6) is 5.88 Å². The maximum absolute atomic E-state index is 11.5. The van der Waals surface area contributed by atoms with E-state index in [1.807, 2.05) is 0 Å². The van der Waals surface area contributed by atoms with E-state index in [1.165, 1.54) is 13.2 Å². The molecule has 1 N–H and O–H groups in total. The number of rotatable bonds is 4. The standard InChI is InChI=1S/C12H13N3O3/c1-17-7-8-6-10(16)15-12(13-8)9-4-3-5-11(14-9)18-2/h3-6H,7H2,1-2H3,(H,13,15,16). The summed E-state index contributed by atoms with van der Waals surface area (Å²) < 4.78 is 9.99. The zero-order chi connectivity index (χ0) is 13.0. The van der Waals surface area contributed by atoms with E-state index in [4.69, 9.17) is 9.47 Å². The average molecular weight is 247 g/mol. The van der Waals surface area contributed by atoms with Gasteiger partial charge in [-0.15, -0.1) is 0 Å². The molecule has 0 aliphatic heterocycles. The van der Waals surface area contributed by atoms with Crippen molar-refractivity contribution in [3.05, 3.63) is 40.3 Å². The van der Waals surface area contributed by atoms with E-state index < -0.39 is 0 Å². The number of hydrogen-bond acceptors (Lipinski definition) is 5. The molecule has 2 rings (SSSR count). The van der Waals surface area contributed by atoms with Crippen LogP contribution in [0.4, 0.5) is 0 Å². The minimum Gasteiger partial charge on any atom is -0.481 e. The molecule has 6 heteroatoms. The fourth-order valence-electron chi connectivity index (χ4n) is 1.51. The summed E-state index contributed by atoms with van der Waals surface area (Å²) in [5.74, 6) is 0.862. The van der Waals surface area contributed by atoms with Gasteiger partial charge in [0.25, 0.3) is 5.56 Å². The highest BCUT2D eigenvalue weighted by Gasteiger charge is 2.06. The van der Waals surface area contributed by atoms with Gasteiger partial charge in [-0.1, -0.05) is 6.07 Å². The quantitative estimate of drug-likeness (QED) is 0.871. The molecular weight excluding hydrogens is 234 g/mol. The van der Waals surface area contributed by atoms with Crippen LogP contribution in [-0.4, -0.2) is 29.2 Å². The third-order valence-corrected chi connectivity index (χ3v) is 2.26. The second kappa shape index (κ2) is 5.42. The molecule has 2 aromatic heterocycles. The van der Waals surface area contributed by atoms with Crippen molar-refractivity contribution in [3.8, 4) is 17.4 Å². The topological polar surface area (TPSA) is 77.1 Å². The first-order chi connectivity index (χ1) is 8.72. The van der Waals surface area contributed by atoms with E-state index in [0.717, 1.165) is 0 Å². The van der Waals surface area contributed by atoms with Crippen LogP contribution < -0.4 is 10.3 Å². The third-order valence-electron chi connectivity index (χ3n) is 2.26.